The predicted molar refractivity (Wildman–Crippen MR) is 148 cm³/mol. The van der Waals surface area contributed by atoms with Gasteiger partial charge in [0.25, 0.3) is 0 Å². The molecule has 4 aromatic rings. The molecule has 3 N–H and O–H groups in total. The van der Waals surface area contributed by atoms with E-state index in [0.717, 1.165) is 23.0 Å². The maximum Gasteiger partial charge on any atom is 0.407 e. The topological polar surface area (TPSA) is 151 Å². The number of morpholine rings is 1. The zero-order chi connectivity index (χ0) is 28.3. The molecule has 2 aliphatic rings. The number of hydrogen-bond acceptors (Lipinski definition) is 8. The van der Waals surface area contributed by atoms with Gasteiger partial charge in [-0.05, 0) is 43.2 Å². The largest absolute Gasteiger partial charge is 0.465 e. The summed E-state index contributed by atoms with van der Waals surface area (Å²) in [7, 11) is 0. The molecule has 0 bridgehead atoms. The van der Waals surface area contributed by atoms with Crippen molar-refractivity contribution < 1.29 is 23.8 Å². The number of nitrogens with zero attached hydrogens (tertiary/aromatic N) is 7. The van der Waals surface area contributed by atoms with E-state index in [-0.39, 0.29) is 11.7 Å². The Bertz CT molecular complexity index is 1570. The quantitative estimate of drug-likeness (QED) is 0.330. The van der Waals surface area contributed by atoms with Crippen molar-refractivity contribution in [3.63, 3.8) is 0 Å². The Morgan fingerprint density at radius 2 is 1.73 bits per heavy atom. The lowest BCUT2D eigenvalue weighted by molar-refractivity contribution is 0.122. The maximum absolute atomic E-state index is 13.8. The van der Waals surface area contributed by atoms with Crippen molar-refractivity contribution >= 4 is 40.4 Å². The molecule has 2 fully saturated rings. The number of aromatic nitrogens is 5. The Balaban J connectivity index is 1.28. The average Bonchev–Trinajstić information content (AvgIpc) is 3.43. The summed E-state index contributed by atoms with van der Waals surface area (Å²) in [6.07, 6.45) is 4.57. The number of halogens is 1. The normalized spacial score (nSPS) is 16.1. The molecule has 2 saturated heterocycles. The molecule has 3 amide bonds. The first-order valence-electron chi connectivity index (χ1n) is 13.3. The van der Waals surface area contributed by atoms with Crippen LogP contribution in [0.25, 0.3) is 22.4 Å². The molecule has 0 spiro atoms. The molecule has 6 rings (SSSR count). The van der Waals surface area contributed by atoms with E-state index in [1.165, 1.54) is 17.2 Å². The summed E-state index contributed by atoms with van der Waals surface area (Å²) in [6, 6.07) is 7.85. The van der Waals surface area contributed by atoms with E-state index in [1.807, 2.05) is 4.68 Å². The van der Waals surface area contributed by atoms with Crippen molar-refractivity contribution in [2.75, 3.05) is 54.9 Å². The molecule has 2 aliphatic heterocycles. The number of piperidine rings is 1. The number of hydrogen-bond donors (Lipinski definition) is 3. The van der Waals surface area contributed by atoms with Crippen molar-refractivity contribution in [1.29, 1.82) is 0 Å². The molecule has 0 aliphatic carbocycles. The lowest BCUT2D eigenvalue weighted by atomic mass is 10.1. The van der Waals surface area contributed by atoms with E-state index >= 15 is 0 Å². The first-order valence-corrected chi connectivity index (χ1v) is 13.3. The Morgan fingerprint density at radius 3 is 2.44 bits per heavy atom. The molecular formula is C27H28FN9O4. The van der Waals surface area contributed by atoms with Crippen LogP contribution in [0.15, 0.2) is 48.9 Å². The van der Waals surface area contributed by atoms with Crippen molar-refractivity contribution in [2.45, 2.75) is 18.9 Å². The van der Waals surface area contributed by atoms with E-state index in [1.54, 1.807) is 30.5 Å². The maximum atomic E-state index is 13.8. The third-order valence-corrected chi connectivity index (χ3v) is 7.25. The number of carbonyl (C=O) groups is 2. The minimum atomic E-state index is -0.909. The van der Waals surface area contributed by atoms with E-state index in [9.17, 15) is 19.1 Å². The molecule has 3 aromatic heterocycles. The van der Waals surface area contributed by atoms with Crippen LogP contribution in [-0.2, 0) is 4.74 Å². The predicted octanol–water partition coefficient (Wildman–Crippen LogP) is 3.82. The molecule has 0 saturated carbocycles. The fourth-order valence-corrected chi connectivity index (χ4v) is 5.09. The fourth-order valence-electron chi connectivity index (χ4n) is 5.09. The van der Waals surface area contributed by atoms with Crippen LogP contribution in [0.3, 0.4) is 0 Å². The number of anilines is 3. The highest BCUT2D eigenvalue weighted by atomic mass is 19.1. The van der Waals surface area contributed by atoms with Gasteiger partial charge in [0.15, 0.2) is 17.3 Å². The van der Waals surface area contributed by atoms with Crippen molar-refractivity contribution in [2.24, 2.45) is 0 Å². The second kappa shape index (κ2) is 11.3. The van der Waals surface area contributed by atoms with E-state index in [2.05, 4.69) is 25.6 Å². The average molecular weight is 562 g/mol. The molecule has 0 unspecified atom stereocenters. The van der Waals surface area contributed by atoms with Crippen LogP contribution < -0.4 is 15.5 Å². The SMILES string of the molecule is O=C(Nc1ccc(-c2nc(N3CCOCC3)c3cnn(C4CCN(C(=O)O)CC4)c3n2)cc1)Nc1ccncc1F. The van der Waals surface area contributed by atoms with Crippen LogP contribution >= 0.6 is 0 Å². The smallest absolute Gasteiger partial charge is 0.407 e. The number of amides is 3. The molecule has 14 heteroatoms. The lowest BCUT2D eigenvalue weighted by Gasteiger charge is -2.30. The number of benzene rings is 1. The standard InChI is InChI=1S/C27H28FN9O4/c28-21-16-29-8-5-22(21)32-26(38)31-18-3-1-17(2-4-18)23-33-24(35-11-13-41-14-12-35)20-15-30-37(25(20)34-23)19-6-9-36(10-7-19)27(39)40/h1-5,8,15-16,19H,6-7,9-14H2,(H,39,40)(H2,29,31,32,38). The number of urea groups is 1. The first-order chi connectivity index (χ1) is 20.0. The number of rotatable bonds is 5. The Hall–Kier alpha value is -4.85. The summed E-state index contributed by atoms with van der Waals surface area (Å²) < 4.78 is 21.3. The number of likely N-dealkylation sites (tertiary alicyclic amines) is 1. The molecule has 0 atom stereocenters. The van der Waals surface area contributed by atoms with Gasteiger partial charge in [-0.3, -0.25) is 4.98 Å². The zero-order valence-electron chi connectivity index (χ0n) is 22.0. The van der Waals surface area contributed by atoms with Gasteiger partial charge in [-0.1, -0.05) is 0 Å². The summed E-state index contributed by atoms with van der Waals surface area (Å²) in [4.78, 5) is 40.8. The van der Waals surface area contributed by atoms with Crippen molar-refractivity contribution in [3.8, 4) is 11.4 Å². The summed E-state index contributed by atoms with van der Waals surface area (Å²) >= 11 is 0. The summed E-state index contributed by atoms with van der Waals surface area (Å²) in [5, 5.41) is 20.0. The van der Waals surface area contributed by atoms with Crippen LogP contribution in [0.1, 0.15) is 18.9 Å². The molecular weight excluding hydrogens is 533 g/mol. The highest BCUT2D eigenvalue weighted by Crippen LogP contribution is 2.32. The number of fused-ring (bicyclic) bond motifs is 1. The van der Waals surface area contributed by atoms with Crippen LogP contribution in [0, 0.1) is 5.82 Å². The van der Waals surface area contributed by atoms with Gasteiger partial charge in [-0.15, -0.1) is 0 Å². The molecule has 5 heterocycles. The number of carbonyl (C=O) groups excluding carboxylic acids is 1. The third-order valence-electron chi connectivity index (χ3n) is 7.25. The summed E-state index contributed by atoms with van der Waals surface area (Å²) in [5.74, 6) is 0.635. The minimum Gasteiger partial charge on any atom is -0.465 e. The summed E-state index contributed by atoms with van der Waals surface area (Å²) in [6.45, 7) is 3.42. The number of pyridine rings is 1. The van der Waals surface area contributed by atoms with Gasteiger partial charge in [0.1, 0.15) is 5.82 Å². The van der Waals surface area contributed by atoms with Gasteiger partial charge in [-0.2, -0.15) is 5.10 Å². The number of nitrogens with one attached hydrogen (secondary N) is 2. The van der Waals surface area contributed by atoms with Crippen LogP contribution in [-0.4, -0.2) is 86.3 Å². The Morgan fingerprint density at radius 1 is 0.976 bits per heavy atom. The van der Waals surface area contributed by atoms with Gasteiger partial charge in [0.2, 0.25) is 0 Å². The van der Waals surface area contributed by atoms with Crippen LogP contribution in [0.4, 0.5) is 31.2 Å². The van der Waals surface area contributed by atoms with Crippen LogP contribution in [0.2, 0.25) is 0 Å². The highest BCUT2D eigenvalue weighted by molar-refractivity contribution is 6.00. The first kappa shape index (κ1) is 26.4. The van der Waals surface area contributed by atoms with Gasteiger partial charge in [0.05, 0.1) is 42.7 Å². The van der Waals surface area contributed by atoms with E-state index in [4.69, 9.17) is 14.7 Å². The fraction of sp³-hybridized carbons (Fsp3) is 0.333. The monoisotopic (exact) mass is 561 g/mol. The van der Waals surface area contributed by atoms with Gasteiger partial charge in [0, 0.05) is 43.6 Å². The number of ether oxygens (including phenoxy) is 1. The molecule has 0 radical (unpaired) electrons. The molecule has 212 valence electrons. The minimum absolute atomic E-state index is 0.0127. The van der Waals surface area contributed by atoms with Gasteiger partial charge in [-0.25, -0.2) is 28.6 Å². The van der Waals surface area contributed by atoms with E-state index < -0.39 is 17.9 Å². The third kappa shape index (κ3) is 5.59. The molecule has 41 heavy (non-hydrogen) atoms. The van der Waals surface area contributed by atoms with Gasteiger partial charge < -0.3 is 30.3 Å². The van der Waals surface area contributed by atoms with Gasteiger partial charge >= 0.3 is 12.1 Å². The van der Waals surface area contributed by atoms with Crippen LogP contribution in [0.5, 0.6) is 0 Å². The number of carboxylic acid groups (broad SMARTS) is 1. The molecule has 1 aromatic carbocycles. The second-order valence-corrected chi connectivity index (χ2v) is 9.81. The second-order valence-electron chi connectivity index (χ2n) is 9.81. The summed E-state index contributed by atoms with van der Waals surface area (Å²) in [5.41, 5.74) is 1.95. The van der Waals surface area contributed by atoms with E-state index in [0.29, 0.717) is 69.4 Å². The Labute approximate surface area is 234 Å². The lowest BCUT2D eigenvalue weighted by Crippen LogP contribution is -2.38. The van der Waals surface area contributed by atoms with Crippen molar-refractivity contribution in [3.05, 3.63) is 54.7 Å². The van der Waals surface area contributed by atoms with Crippen molar-refractivity contribution in [1.82, 2.24) is 29.6 Å². The zero-order valence-corrected chi connectivity index (χ0v) is 22.0. The highest BCUT2D eigenvalue weighted by Gasteiger charge is 2.27. The molecule has 13 nitrogen and oxygen atoms in total. The Kier molecular flexibility index (Phi) is 7.29.